The molecule has 6 nitrogen and oxygen atoms in total. The standard InChI is InChI=1S/C21H23FN4O2/c1-23-21(28)26-17-6-7-18(26)11-16(10-17)25-20(27)14-5-8-19(24-12-14)13-3-2-4-15(22)9-13/h2-5,8-9,12,16-18H,6-7,10-11H2,1H3,(H,23,28)(H,25,27)/t16?,17-,18+. The van der Waals surface area contributed by atoms with Crippen molar-refractivity contribution in [1.82, 2.24) is 20.5 Å². The van der Waals surface area contributed by atoms with Crippen LogP contribution < -0.4 is 10.6 Å². The van der Waals surface area contributed by atoms with E-state index in [4.69, 9.17) is 0 Å². The lowest BCUT2D eigenvalue weighted by molar-refractivity contribution is 0.0885. The van der Waals surface area contributed by atoms with Crippen LogP contribution >= 0.6 is 0 Å². The Kier molecular flexibility index (Phi) is 4.98. The Labute approximate surface area is 163 Å². The van der Waals surface area contributed by atoms with Crippen molar-refractivity contribution in [3.63, 3.8) is 0 Å². The van der Waals surface area contributed by atoms with E-state index in [0.717, 1.165) is 25.7 Å². The first-order valence-corrected chi connectivity index (χ1v) is 9.58. The van der Waals surface area contributed by atoms with Crippen LogP contribution in [0.2, 0.25) is 0 Å². The molecule has 2 aromatic rings. The Hall–Kier alpha value is -2.96. The number of amides is 3. The highest BCUT2D eigenvalue weighted by Gasteiger charge is 2.43. The van der Waals surface area contributed by atoms with Gasteiger partial charge < -0.3 is 15.5 Å². The minimum atomic E-state index is -0.321. The summed E-state index contributed by atoms with van der Waals surface area (Å²) in [7, 11) is 1.65. The first-order valence-electron chi connectivity index (χ1n) is 9.58. The van der Waals surface area contributed by atoms with Gasteiger partial charge in [-0.3, -0.25) is 9.78 Å². The highest BCUT2D eigenvalue weighted by atomic mass is 19.1. The largest absolute Gasteiger partial charge is 0.349 e. The van der Waals surface area contributed by atoms with Gasteiger partial charge in [0.15, 0.2) is 0 Å². The molecule has 3 atom stereocenters. The monoisotopic (exact) mass is 382 g/mol. The Bertz CT molecular complexity index is 872. The van der Waals surface area contributed by atoms with Crippen LogP contribution in [-0.4, -0.2) is 47.0 Å². The van der Waals surface area contributed by atoms with Crippen LogP contribution in [0.5, 0.6) is 0 Å². The number of hydrogen-bond donors (Lipinski definition) is 2. The van der Waals surface area contributed by atoms with E-state index in [1.165, 1.54) is 18.3 Å². The van der Waals surface area contributed by atoms with Crippen LogP contribution in [0.4, 0.5) is 9.18 Å². The van der Waals surface area contributed by atoms with Gasteiger partial charge in [0.25, 0.3) is 5.91 Å². The van der Waals surface area contributed by atoms with Gasteiger partial charge in [-0.1, -0.05) is 12.1 Å². The molecule has 3 heterocycles. The van der Waals surface area contributed by atoms with Crippen molar-refractivity contribution in [3.8, 4) is 11.3 Å². The third-order valence-corrected chi connectivity index (χ3v) is 5.66. The lowest BCUT2D eigenvalue weighted by atomic mass is 9.97. The van der Waals surface area contributed by atoms with Gasteiger partial charge in [0.2, 0.25) is 0 Å². The maximum absolute atomic E-state index is 13.4. The van der Waals surface area contributed by atoms with Crippen LogP contribution in [-0.2, 0) is 0 Å². The van der Waals surface area contributed by atoms with E-state index < -0.39 is 0 Å². The van der Waals surface area contributed by atoms with Crippen molar-refractivity contribution in [2.24, 2.45) is 0 Å². The van der Waals surface area contributed by atoms with Crippen molar-refractivity contribution < 1.29 is 14.0 Å². The van der Waals surface area contributed by atoms with Gasteiger partial charge in [0, 0.05) is 36.9 Å². The molecular weight excluding hydrogens is 359 g/mol. The number of nitrogens with zero attached hydrogens (tertiary/aromatic N) is 2. The summed E-state index contributed by atoms with van der Waals surface area (Å²) in [6.07, 6.45) is 5.02. The Balaban J connectivity index is 1.40. The highest BCUT2D eigenvalue weighted by molar-refractivity contribution is 5.94. The molecule has 1 unspecified atom stereocenters. The molecule has 4 rings (SSSR count). The number of rotatable bonds is 3. The fraction of sp³-hybridized carbons (Fsp3) is 0.381. The topological polar surface area (TPSA) is 74.3 Å². The number of carbonyl (C=O) groups excluding carboxylic acids is 2. The van der Waals surface area contributed by atoms with E-state index in [1.54, 1.807) is 31.3 Å². The predicted molar refractivity (Wildman–Crippen MR) is 103 cm³/mol. The summed E-state index contributed by atoms with van der Waals surface area (Å²) in [4.78, 5) is 30.9. The molecule has 1 aromatic heterocycles. The molecule has 2 bridgehead atoms. The summed E-state index contributed by atoms with van der Waals surface area (Å²) in [5.74, 6) is -0.491. The third kappa shape index (κ3) is 3.56. The number of aromatic nitrogens is 1. The number of pyridine rings is 1. The molecule has 2 N–H and O–H groups in total. The molecule has 3 amide bonds. The van der Waals surface area contributed by atoms with Crippen LogP contribution in [0.25, 0.3) is 11.3 Å². The van der Waals surface area contributed by atoms with E-state index in [1.807, 2.05) is 4.90 Å². The first-order chi connectivity index (χ1) is 13.5. The lowest BCUT2D eigenvalue weighted by Gasteiger charge is -2.38. The molecule has 1 aromatic carbocycles. The van der Waals surface area contributed by atoms with Crippen LogP contribution in [0.3, 0.4) is 0 Å². The molecule has 28 heavy (non-hydrogen) atoms. The van der Waals surface area contributed by atoms with Crippen molar-refractivity contribution in [3.05, 3.63) is 54.0 Å². The highest BCUT2D eigenvalue weighted by Crippen LogP contribution is 2.35. The van der Waals surface area contributed by atoms with Crippen molar-refractivity contribution in [2.75, 3.05) is 7.05 Å². The predicted octanol–water partition coefficient (Wildman–Crippen LogP) is 2.95. The van der Waals surface area contributed by atoms with Gasteiger partial charge in [0.1, 0.15) is 5.82 Å². The second kappa shape index (κ2) is 7.58. The van der Waals surface area contributed by atoms with Crippen LogP contribution in [0, 0.1) is 5.82 Å². The number of fused-ring (bicyclic) bond motifs is 2. The molecule has 0 spiro atoms. The Morgan fingerprint density at radius 2 is 1.89 bits per heavy atom. The molecule has 0 saturated carbocycles. The number of carbonyl (C=O) groups is 2. The van der Waals surface area contributed by atoms with E-state index in [0.29, 0.717) is 16.8 Å². The molecule has 2 saturated heterocycles. The summed E-state index contributed by atoms with van der Waals surface area (Å²) >= 11 is 0. The molecule has 146 valence electrons. The average Bonchev–Trinajstić information content (AvgIpc) is 2.98. The Morgan fingerprint density at radius 1 is 1.14 bits per heavy atom. The van der Waals surface area contributed by atoms with Crippen LogP contribution in [0.15, 0.2) is 42.6 Å². The molecule has 7 heteroatoms. The van der Waals surface area contributed by atoms with Gasteiger partial charge in [-0.05, 0) is 49.9 Å². The number of nitrogens with one attached hydrogen (secondary N) is 2. The van der Waals surface area contributed by atoms with E-state index in [2.05, 4.69) is 15.6 Å². The number of piperidine rings is 1. The fourth-order valence-electron chi connectivity index (χ4n) is 4.37. The lowest BCUT2D eigenvalue weighted by Crippen LogP contribution is -2.54. The normalized spacial score (nSPS) is 23.4. The van der Waals surface area contributed by atoms with Gasteiger partial charge in [-0.15, -0.1) is 0 Å². The molecule has 2 aliphatic heterocycles. The second-order valence-corrected chi connectivity index (χ2v) is 7.43. The minimum absolute atomic E-state index is 0.0329. The summed E-state index contributed by atoms with van der Waals surface area (Å²) in [5, 5.41) is 5.79. The van der Waals surface area contributed by atoms with Gasteiger partial charge >= 0.3 is 6.03 Å². The average molecular weight is 382 g/mol. The molecular formula is C21H23FN4O2. The van der Waals surface area contributed by atoms with E-state index in [9.17, 15) is 14.0 Å². The Morgan fingerprint density at radius 3 is 2.50 bits per heavy atom. The smallest absolute Gasteiger partial charge is 0.317 e. The summed E-state index contributed by atoms with van der Waals surface area (Å²) in [5.41, 5.74) is 1.76. The van der Waals surface area contributed by atoms with Crippen molar-refractivity contribution in [1.29, 1.82) is 0 Å². The molecule has 0 aliphatic carbocycles. The van der Waals surface area contributed by atoms with Gasteiger partial charge in [-0.25, -0.2) is 9.18 Å². The SMILES string of the molecule is CNC(=O)N1[C@@H]2CC[C@H]1CC(NC(=O)c1ccc(-c3cccc(F)c3)nc1)C2. The minimum Gasteiger partial charge on any atom is -0.349 e. The first kappa shape index (κ1) is 18.4. The summed E-state index contributed by atoms with van der Waals surface area (Å²) in [6, 6.07) is 10.0. The number of benzene rings is 1. The third-order valence-electron chi connectivity index (χ3n) is 5.66. The van der Waals surface area contributed by atoms with E-state index in [-0.39, 0.29) is 35.9 Å². The number of urea groups is 1. The van der Waals surface area contributed by atoms with E-state index >= 15 is 0 Å². The summed E-state index contributed by atoms with van der Waals surface area (Å²) in [6.45, 7) is 0. The molecule has 2 fully saturated rings. The van der Waals surface area contributed by atoms with Gasteiger partial charge in [-0.2, -0.15) is 0 Å². The van der Waals surface area contributed by atoms with Crippen molar-refractivity contribution in [2.45, 2.75) is 43.8 Å². The van der Waals surface area contributed by atoms with Crippen molar-refractivity contribution >= 4 is 11.9 Å². The maximum atomic E-state index is 13.4. The zero-order valence-corrected chi connectivity index (χ0v) is 15.7. The number of halogens is 1. The molecule has 0 radical (unpaired) electrons. The van der Waals surface area contributed by atoms with Gasteiger partial charge in [0.05, 0.1) is 11.3 Å². The quantitative estimate of drug-likeness (QED) is 0.857. The number of hydrogen-bond acceptors (Lipinski definition) is 3. The zero-order chi connectivity index (χ0) is 19.7. The summed E-state index contributed by atoms with van der Waals surface area (Å²) < 4.78 is 13.4. The maximum Gasteiger partial charge on any atom is 0.317 e. The zero-order valence-electron chi connectivity index (χ0n) is 15.7. The fourth-order valence-corrected chi connectivity index (χ4v) is 4.37. The second-order valence-electron chi connectivity index (χ2n) is 7.43. The molecule has 2 aliphatic rings. The van der Waals surface area contributed by atoms with Crippen LogP contribution in [0.1, 0.15) is 36.0 Å².